The summed E-state index contributed by atoms with van der Waals surface area (Å²) in [4.78, 5) is 24.9. The van der Waals surface area contributed by atoms with Crippen molar-refractivity contribution in [2.24, 2.45) is 7.05 Å². The Morgan fingerprint density at radius 1 is 1.55 bits per heavy atom. The molecule has 106 valence electrons. The van der Waals surface area contributed by atoms with Crippen LogP contribution in [0.25, 0.3) is 0 Å². The molecule has 8 heteroatoms. The average molecular weight is 313 g/mol. The molecule has 0 fully saturated rings. The molecule has 0 unspecified atom stereocenters. The van der Waals surface area contributed by atoms with Gasteiger partial charge in [-0.2, -0.15) is 0 Å². The standard InChI is InChI=1S/C12H13ClN4O2S/c1-3-19-16-10(18)8-6-9(13)11(15-7-8)20-12-14-4-5-17(12)2/h4-7H,3H2,1-2H3,(H,16,18). The maximum Gasteiger partial charge on any atom is 0.276 e. The second-order valence-electron chi connectivity index (χ2n) is 3.80. The van der Waals surface area contributed by atoms with Crippen LogP contribution in [0.5, 0.6) is 0 Å². The molecule has 2 heterocycles. The monoisotopic (exact) mass is 312 g/mol. The predicted octanol–water partition coefficient (Wildman–Crippen LogP) is 2.30. The Hall–Kier alpha value is -1.57. The molecule has 2 aromatic rings. The molecule has 2 rings (SSSR count). The van der Waals surface area contributed by atoms with Crippen molar-refractivity contribution in [2.45, 2.75) is 17.1 Å². The number of nitrogens with one attached hydrogen (secondary N) is 1. The molecule has 2 aromatic heterocycles. The van der Waals surface area contributed by atoms with Gasteiger partial charge in [0, 0.05) is 25.6 Å². The molecule has 0 saturated heterocycles. The summed E-state index contributed by atoms with van der Waals surface area (Å²) < 4.78 is 1.86. The number of amides is 1. The fraction of sp³-hybridized carbons (Fsp3) is 0.250. The van der Waals surface area contributed by atoms with Gasteiger partial charge in [-0.3, -0.25) is 9.63 Å². The van der Waals surface area contributed by atoms with Crippen LogP contribution in [0.15, 0.2) is 34.8 Å². The Balaban J connectivity index is 2.14. The molecule has 0 saturated carbocycles. The second kappa shape index (κ2) is 6.74. The third kappa shape index (κ3) is 3.50. The van der Waals surface area contributed by atoms with Gasteiger partial charge in [-0.15, -0.1) is 0 Å². The molecule has 20 heavy (non-hydrogen) atoms. The van der Waals surface area contributed by atoms with E-state index in [1.807, 2.05) is 17.8 Å². The minimum Gasteiger partial charge on any atom is -0.329 e. The van der Waals surface area contributed by atoms with E-state index < -0.39 is 0 Å². The highest BCUT2D eigenvalue weighted by atomic mass is 35.5. The van der Waals surface area contributed by atoms with Crippen LogP contribution in [0.4, 0.5) is 0 Å². The minimum absolute atomic E-state index is 0.340. The maximum atomic E-state index is 11.7. The van der Waals surface area contributed by atoms with Crippen molar-refractivity contribution < 1.29 is 9.63 Å². The van der Waals surface area contributed by atoms with E-state index in [4.69, 9.17) is 16.4 Å². The smallest absolute Gasteiger partial charge is 0.276 e. The van der Waals surface area contributed by atoms with E-state index in [0.29, 0.717) is 22.2 Å². The van der Waals surface area contributed by atoms with E-state index in [9.17, 15) is 4.79 Å². The van der Waals surface area contributed by atoms with Gasteiger partial charge in [-0.1, -0.05) is 11.6 Å². The summed E-state index contributed by atoms with van der Waals surface area (Å²) in [6, 6.07) is 1.55. The highest BCUT2D eigenvalue weighted by Crippen LogP contribution is 2.30. The van der Waals surface area contributed by atoms with E-state index in [1.165, 1.54) is 18.0 Å². The molecule has 0 atom stereocenters. The summed E-state index contributed by atoms with van der Waals surface area (Å²) in [5, 5.41) is 1.75. The maximum absolute atomic E-state index is 11.7. The average Bonchev–Trinajstić information content (AvgIpc) is 2.84. The van der Waals surface area contributed by atoms with E-state index >= 15 is 0 Å². The van der Waals surface area contributed by atoms with Gasteiger partial charge in [0.2, 0.25) is 0 Å². The number of imidazole rings is 1. The summed E-state index contributed by atoms with van der Waals surface area (Å²) in [6.07, 6.45) is 4.98. The topological polar surface area (TPSA) is 69.0 Å². The number of aryl methyl sites for hydroxylation is 1. The first-order valence-corrected chi connectivity index (χ1v) is 7.04. The fourth-order valence-corrected chi connectivity index (χ4v) is 2.39. The molecular weight excluding hydrogens is 300 g/mol. The largest absolute Gasteiger partial charge is 0.329 e. The lowest BCUT2D eigenvalue weighted by Crippen LogP contribution is -2.23. The number of halogens is 1. The molecule has 1 amide bonds. The SMILES string of the molecule is CCONC(=O)c1cnc(Sc2nccn2C)c(Cl)c1. The van der Waals surface area contributed by atoms with Crippen molar-refractivity contribution in [3.05, 3.63) is 35.2 Å². The molecule has 0 aliphatic carbocycles. The summed E-state index contributed by atoms with van der Waals surface area (Å²) in [6.45, 7) is 2.16. The fourth-order valence-electron chi connectivity index (χ4n) is 1.36. The molecule has 6 nitrogen and oxygen atoms in total. The van der Waals surface area contributed by atoms with Crippen LogP contribution in [0.1, 0.15) is 17.3 Å². The zero-order valence-corrected chi connectivity index (χ0v) is 12.5. The first-order valence-electron chi connectivity index (χ1n) is 5.84. The molecular formula is C12H13ClN4O2S. The lowest BCUT2D eigenvalue weighted by atomic mass is 10.3. The molecule has 0 bridgehead atoms. The number of carbonyl (C=O) groups excluding carboxylic acids is 1. The summed E-state index contributed by atoms with van der Waals surface area (Å²) in [5.74, 6) is -0.380. The number of hydroxylamine groups is 1. The predicted molar refractivity (Wildman–Crippen MR) is 75.7 cm³/mol. The molecule has 0 spiro atoms. The lowest BCUT2D eigenvalue weighted by Gasteiger charge is -2.06. The van der Waals surface area contributed by atoms with Crippen LogP contribution in [-0.4, -0.2) is 27.0 Å². The van der Waals surface area contributed by atoms with Crippen molar-refractivity contribution in [3.63, 3.8) is 0 Å². The normalized spacial score (nSPS) is 10.6. The molecule has 0 aliphatic heterocycles. The zero-order chi connectivity index (χ0) is 14.5. The second-order valence-corrected chi connectivity index (χ2v) is 5.16. The van der Waals surface area contributed by atoms with Gasteiger partial charge in [0.05, 0.1) is 17.2 Å². The van der Waals surface area contributed by atoms with Gasteiger partial charge >= 0.3 is 0 Å². The molecule has 1 N–H and O–H groups in total. The van der Waals surface area contributed by atoms with Crippen molar-refractivity contribution in [1.29, 1.82) is 0 Å². The Labute approximate surface area is 125 Å². The number of carbonyl (C=O) groups is 1. The van der Waals surface area contributed by atoms with E-state index in [2.05, 4.69) is 15.4 Å². The van der Waals surface area contributed by atoms with Crippen LogP contribution in [-0.2, 0) is 11.9 Å². The number of aromatic nitrogens is 3. The Morgan fingerprint density at radius 3 is 2.95 bits per heavy atom. The van der Waals surface area contributed by atoms with Crippen molar-refractivity contribution >= 4 is 29.3 Å². The number of hydrogen-bond donors (Lipinski definition) is 1. The lowest BCUT2D eigenvalue weighted by molar-refractivity contribution is 0.0364. The van der Waals surface area contributed by atoms with Crippen LogP contribution in [0.3, 0.4) is 0 Å². The van der Waals surface area contributed by atoms with Crippen LogP contribution in [0.2, 0.25) is 5.02 Å². The molecule has 0 aliphatic rings. The first kappa shape index (κ1) is 14.8. The third-order valence-electron chi connectivity index (χ3n) is 2.34. The first-order chi connectivity index (χ1) is 9.61. The van der Waals surface area contributed by atoms with Gasteiger partial charge in [0.1, 0.15) is 5.03 Å². The van der Waals surface area contributed by atoms with Crippen LogP contribution in [0, 0.1) is 0 Å². The number of hydrogen-bond acceptors (Lipinski definition) is 5. The highest BCUT2D eigenvalue weighted by molar-refractivity contribution is 7.99. The number of pyridine rings is 1. The van der Waals surface area contributed by atoms with E-state index in [1.54, 1.807) is 19.2 Å². The van der Waals surface area contributed by atoms with Gasteiger partial charge < -0.3 is 4.57 Å². The van der Waals surface area contributed by atoms with E-state index in [-0.39, 0.29) is 5.91 Å². The molecule has 0 radical (unpaired) electrons. The van der Waals surface area contributed by atoms with Crippen molar-refractivity contribution in [3.8, 4) is 0 Å². The summed E-state index contributed by atoms with van der Waals surface area (Å²) >= 11 is 7.47. The Morgan fingerprint density at radius 2 is 2.35 bits per heavy atom. The number of nitrogens with zero attached hydrogens (tertiary/aromatic N) is 3. The van der Waals surface area contributed by atoms with Crippen LogP contribution >= 0.6 is 23.4 Å². The van der Waals surface area contributed by atoms with Crippen molar-refractivity contribution in [2.75, 3.05) is 6.61 Å². The quantitative estimate of drug-likeness (QED) is 0.858. The van der Waals surface area contributed by atoms with Gasteiger partial charge in [-0.05, 0) is 24.8 Å². The highest BCUT2D eigenvalue weighted by Gasteiger charge is 2.12. The van der Waals surface area contributed by atoms with Crippen molar-refractivity contribution in [1.82, 2.24) is 20.0 Å². The van der Waals surface area contributed by atoms with Gasteiger partial charge in [0.25, 0.3) is 5.91 Å². The minimum atomic E-state index is -0.380. The van der Waals surface area contributed by atoms with E-state index in [0.717, 1.165) is 5.16 Å². The summed E-state index contributed by atoms with van der Waals surface area (Å²) in [5.41, 5.74) is 2.63. The number of rotatable bonds is 5. The van der Waals surface area contributed by atoms with Gasteiger partial charge in [0.15, 0.2) is 5.16 Å². The van der Waals surface area contributed by atoms with Gasteiger partial charge in [-0.25, -0.2) is 15.4 Å². The Bertz CT molecular complexity index is 617. The van der Waals surface area contributed by atoms with Crippen LogP contribution < -0.4 is 5.48 Å². The zero-order valence-electron chi connectivity index (χ0n) is 11.0. The third-order valence-corrected chi connectivity index (χ3v) is 3.84. The Kier molecular flexibility index (Phi) is 4.99. The summed E-state index contributed by atoms with van der Waals surface area (Å²) in [7, 11) is 1.88. The molecule has 0 aromatic carbocycles.